The second-order valence-electron chi connectivity index (χ2n) is 5.71. The van der Waals surface area contributed by atoms with Gasteiger partial charge in [-0.25, -0.2) is 4.98 Å². The fraction of sp³-hybridized carbons (Fsp3) is 0.158. The zero-order valence-corrected chi connectivity index (χ0v) is 14.2. The van der Waals surface area contributed by atoms with Gasteiger partial charge < -0.3 is 10.6 Å². The van der Waals surface area contributed by atoms with Gasteiger partial charge in [0, 0.05) is 31.3 Å². The molecule has 0 aliphatic heterocycles. The molecule has 3 rings (SSSR count). The maximum absolute atomic E-state index is 12.4. The molecule has 0 saturated carbocycles. The van der Waals surface area contributed by atoms with Crippen molar-refractivity contribution in [3.8, 4) is 0 Å². The number of carbonyl (C=O) groups is 2. The monoisotopic (exact) mass is 350 g/mol. The zero-order chi connectivity index (χ0) is 18.5. The number of benzene rings is 2. The molecule has 0 atom stereocenters. The van der Waals surface area contributed by atoms with Gasteiger partial charge in [-0.05, 0) is 36.4 Å². The van der Waals surface area contributed by atoms with E-state index < -0.39 is 0 Å². The van der Waals surface area contributed by atoms with Gasteiger partial charge in [-0.2, -0.15) is 0 Å². The lowest BCUT2D eigenvalue weighted by Gasteiger charge is -2.08. The third-order valence-corrected chi connectivity index (χ3v) is 3.97. The van der Waals surface area contributed by atoms with Gasteiger partial charge in [0.1, 0.15) is 0 Å². The second kappa shape index (κ2) is 7.60. The normalized spacial score (nSPS) is 10.5. The minimum absolute atomic E-state index is 0.136. The van der Waals surface area contributed by atoms with Crippen molar-refractivity contribution >= 4 is 28.4 Å². The van der Waals surface area contributed by atoms with Gasteiger partial charge in [-0.15, -0.1) is 0 Å². The number of amides is 2. The van der Waals surface area contributed by atoms with Gasteiger partial charge in [0.15, 0.2) is 0 Å². The zero-order valence-electron chi connectivity index (χ0n) is 14.2. The first-order valence-corrected chi connectivity index (χ1v) is 8.14. The van der Waals surface area contributed by atoms with Crippen LogP contribution in [0.2, 0.25) is 0 Å². The molecule has 26 heavy (non-hydrogen) atoms. The second-order valence-corrected chi connectivity index (χ2v) is 5.71. The lowest BCUT2D eigenvalue weighted by molar-refractivity contribution is -0.116. The molecule has 0 saturated heterocycles. The Morgan fingerprint density at radius 3 is 2.54 bits per heavy atom. The number of aromatic nitrogens is 2. The van der Waals surface area contributed by atoms with E-state index in [0.717, 1.165) is 0 Å². The molecule has 132 valence electrons. The topological polar surface area (TPSA) is 93.1 Å². The van der Waals surface area contributed by atoms with Crippen molar-refractivity contribution < 1.29 is 9.59 Å². The van der Waals surface area contributed by atoms with E-state index >= 15 is 0 Å². The smallest absolute Gasteiger partial charge is 0.261 e. The van der Waals surface area contributed by atoms with E-state index in [4.69, 9.17) is 0 Å². The summed E-state index contributed by atoms with van der Waals surface area (Å²) < 4.78 is 1.43. The van der Waals surface area contributed by atoms with Crippen LogP contribution in [0, 0.1) is 0 Å². The molecule has 2 amide bonds. The summed E-state index contributed by atoms with van der Waals surface area (Å²) in [6.45, 7) is 0.235. The largest absolute Gasteiger partial charge is 0.355 e. The molecule has 2 aromatic carbocycles. The average molecular weight is 350 g/mol. The Hall–Kier alpha value is -3.48. The Morgan fingerprint density at radius 2 is 1.81 bits per heavy atom. The van der Waals surface area contributed by atoms with Crippen LogP contribution in [0.25, 0.3) is 10.9 Å². The Balaban J connectivity index is 1.63. The van der Waals surface area contributed by atoms with Crippen LogP contribution < -0.4 is 16.2 Å². The highest BCUT2D eigenvalue weighted by Gasteiger charge is 2.08. The molecule has 1 aromatic heterocycles. The highest BCUT2D eigenvalue weighted by Crippen LogP contribution is 2.10. The van der Waals surface area contributed by atoms with E-state index in [1.165, 1.54) is 10.9 Å². The van der Waals surface area contributed by atoms with Crippen LogP contribution >= 0.6 is 0 Å². The summed E-state index contributed by atoms with van der Waals surface area (Å²) in [5.74, 6) is -0.413. The summed E-state index contributed by atoms with van der Waals surface area (Å²) in [6, 6.07) is 13.7. The van der Waals surface area contributed by atoms with E-state index in [0.29, 0.717) is 22.2 Å². The average Bonchev–Trinajstić information content (AvgIpc) is 2.67. The number of rotatable bonds is 5. The molecule has 0 aliphatic rings. The number of hydrogen-bond donors (Lipinski definition) is 2. The van der Waals surface area contributed by atoms with Crippen LogP contribution in [0.4, 0.5) is 5.69 Å². The summed E-state index contributed by atoms with van der Waals surface area (Å²) in [5, 5.41) is 5.81. The highest BCUT2D eigenvalue weighted by atomic mass is 16.2. The third kappa shape index (κ3) is 3.77. The van der Waals surface area contributed by atoms with Gasteiger partial charge in [0.2, 0.25) is 5.91 Å². The van der Waals surface area contributed by atoms with Crippen LogP contribution in [-0.4, -0.2) is 28.4 Å². The highest BCUT2D eigenvalue weighted by molar-refractivity contribution is 5.95. The minimum atomic E-state index is -0.224. The molecular weight excluding hydrogens is 332 g/mol. The third-order valence-electron chi connectivity index (χ3n) is 3.97. The van der Waals surface area contributed by atoms with Crippen molar-refractivity contribution in [2.45, 2.75) is 13.0 Å². The number of carbonyl (C=O) groups excluding carboxylic acids is 2. The maximum atomic E-state index is 12.4. The first kappa shape index (κ1) is 17.3. The van der Waals surface area contributed by atoms with E-state index in [-0.39, 0.29) is 30.3 Å². The lowest BCUT2D eigenvalue weighted by Crippen LogP contribution is -2.23. The molecule has 0 spiro atoms. The van der Waals surface area contributed by atoms with Crippen LogP contribution in [0.5, 0.6) is 0 Å². The molecule has 2 N–H and O–H groups in total. The predicted octanol–water partition coefficient (Wildman–Crippen LogP) is 1.78. The lowest BCUT2D eigenvalue weighted by atomic mass is 10.2. The van der Waals surface area contributed by atoms with E-state index in [2.05, 4.69) is 15.6 Å². The van der Waals surface area contributed by atoms with Crippen molar-refractivity contribution in [3.63, 3.8) is 0 Å². The van der Waals surface area contributed by atoms with E-state index in [9.17, 15) is 14.4 Å². The van der Waals surface area contributed by atoms with Crippen molar-refractivity contribution in [1.29, 1.82) is 0 Å². The number of fused-ring (bicyclic) bond motifs is 1. The number of nitrogens with one attached hydrogen (secondary N) is 2. The van der Waals surface area contributed by atoms with Gasteiger partial charge >= 0.3 is 0 Å². The van der Waals surface area contributed by atoms with E-state index in [1.807, 2.05) is 6.07 Å². The minimum Gasteiger partial charge on any atom is -0.355 e. The summed E-state index contributed by atoms with van der Waals surface area (Å²) in [7, 11) is 1.56. The van der Waals surface area contributed by atoms with Crippen LogP contribution in [0.15, 0.2) is 59.7 Å². The van der Waals surface area contributed by atoms with Crippen LogP contribution in [0.1, 0.15) is 16.8 Å². The number of para-hydroxylation sites is 1. The summed E-state index contributed by atoms with van der Waals surface area (Å²) in [4.78, 5) is 40.2. The summed E-state index contributed by atoms with van der Waals surface area (Å²) >= 11 is 0. The first-order chi connectivity index (χ1) is 12.6. The summed E-state index contributed by atoms with van der Waals surface area (Å²) in [5.41, 5.74) is 1.57. The number of aryl methyl sites for hydroxylation is 1. The molecule has 0 radical (unpaired) electrons. The Bertz CT molecular complexity index is 1010. The first-order valence-electron chi connectivity index (χ1n) is 8.14. The van der Waals surface area contributed by atoms with E-state index in [1.54, 1.807) is 49.5 Å². The molecule has 0 bridgehead atoms. The SMILES string of the molecule is CNC(=O)c1ccc(NC(=O)CCn2cnc3ccccc3c2=O)cc1. The fourth-order valence-electron chi connectivity index (χ4n) is 2.56. The van der Waals surface area contributed by atoms with Crippen molar-refractivity contribution in [2.75, 3.05) is 12.4 Å². The van der Waals surface area contributed by atoms with Crippen LogP contribution in [-0.2, 0) is 11.3 Å². The van der Waals surface area contributed by atoms with Crippen molar-refractivity contribution in [2.24, 2.45) is 0 Å². The Labute approximate surface area is 149 Å². The van der Waals surface area contributed by atoms with Gasteiger partial charge in [0.25, 0.3) is 11.5 Å². The molecule has 3 aromatic rings. The standard InChI is InChI=1S/C19H18N4O3/c1-20-18(25)13-6-8-14(9-7-13)22-17(24)10-11-23-12-21-16-5-3-2-4-15(16)19(23)26/h2-9,12H,10-11H2,1H3,(H,20,25)(H,22,24). The van der Waals surface area contributed by atoms with Gasteiger partial charge in [0.05, 0.1) is 17.2 Å². The number of hydrogen-bond acceptors (Lipinski definition) is 4. The van der Waals surface area contributed by atoms with Gasteiger partial charge in [-0.1, -0.05) is 12.1 Å². The number of anilines is 1. The molecule has 7 nitrogen and oxygen atoms in total. The van der Waals surface area contributed by atoms with Crippen molar-refractivity contribution in [3.05, 3.63) is 70.8 Å². The molecule has 0 aliphatic carbocycles. The van der Waals surface area contributed by atoms with Gasteiger partial charge in [-0.3, -0.25) is 19.0 Å². The maximum Gasteiger partial charge on any atom is 0.261 e. The van der Waals surface area contributed by atoms with Crippen LogP contribution in [0.3, 0.4) is 0 Å². The molecule has 0 unspecified atom stereocenters. The predicted molar refractivity (Wildman–Crippen MR) is 99.1 cm³/mol. The molecule has 0 fully saturated rings. The fourth-order valence-corrected chi connectivity index (χ4v) is 2.56. The molecule has 7 heteroatoms. The summed E-state index contributed by atoms with van der Waals surface area (Å²) in [6.07, 6.45) is 1.59. The number of nitrogens with zero attached hydrogens (tertiary/aromatic N) is 2. The quantitative estimate of drug-likeness (QED) is 0.734. The molecular formula is C19H18N4O3. The molecule has 1 heterocycles. The van der Waals surface area contributed by atoms with Crippen molar-refractivity contribution in [1.82, 2.24) is 14.9 Å². The Kier molecular flexibility index (Phi) is 5.07. The Morgan fingerprint density at radius 1 is 1.08 bits per heavy atom.